The smallest absolute Gasteiger partial charge is 0.236 e. The van der Waals surface area contributed by atoms with Gasteiger partial charge < -0.3 is 0 Å². The number of alkyl halides is 3. The van der Waals surface area contributed by atoms with Crippen LogP contribution in [0.25, 0.3) is 11.5 Å². The van der Waals surface area contributed by atoms with Gasteiger partial charge in [0.15, 0.2) is 11.5 Å². The lowest BCUT2D eigenvalue weighted by atomic mass is 10.1. The fourth-order valence-corrected chi connectivity index (χ4v) is 2.12. The quantitative estimate of drug-likeness (QED) is 0.678. The summed E-state index contributed by atoms with van der Waals surface area (Å²) in [7, 11) is 0. The van der Waals surface area contributed by atoms with Gasteiger partial charge in [0.2, 0.25) is 0 Å². The lowest BCUT2D eigenvalue weighted by Crippen LogP contribution is -2.29. The van der Waals surface area contributed by atoms with Crippen LogP contribution in [0.5, 0.6) is 0 Å². The van der Waals surface area contributed by atoms with Crippen molar-refractivity contribution in [1.29, 1.82) is 0 Å². The van der Waals surface area contributed by atoms with E-state index in [-0.39, 0.29) is 10.8 Å². The third-order valence-corrected chi connectivity index (χ3v) is 3.21. The Hall–Kier alpha value is -2.41. The Morgan fingerprint density at radius 2 is 1.82 bits per heavy atom. The first-order chi connectivity index (χ1) is 10.4. The Balaban J connectivity index is 2.03. The number of hydrogen-bond acceptors (Lipinski definition) is 2. The largest absolute Gasteiger partial charge is 0.419 e. The van der Waals surface area contributed by atoms with Crippen molar-refractivity contribution in [2.24, 2.45) is 0 Å². The molecule has 0 aliphatic carbocycles. The highest BCUT2D eigenvalue weighted by Gasteiger charge is 2.34. The summed E-state index contributed by atoms with van der Waals surface area (Å²) in [4.78, 5) is 0. The molecule has 0 bridgehead atoms. The Kier molecular flexibility index (Phi) is 3.58. The number of hydrogen-bond donors (Lipinski definition) is 0. The minimum Gasteiger partial charge on any atom is -0.236 e. The van der Waals surface area contributed by atoms with Gasteiger partial charge in [0.1, 0.15) is 11.9 Å². The van der Waals surface area contributed by atoms with E-state index in [1.54, 1.807) is 29.0 Å². The molecule has 4 nitrogen and oxygen atoms in total. The highest BCUT2D eigenvalue weighted by atomic mass is 35.5. The summed E-state index contributed by atoms with van der Waals surface area (Å²) in [6.07, 6.45) is 0.167. The molecule has 2 heterocycles. The predicted octanol–water partition coefficient (Wildman–Crippen LogP) is 3.22. The average molecular weight is 326 g/mol. The molecule has 0 N–H and O–H groups in total. The fourth-order valence-electron chi connectivity index (χ4n) is 2.02. The number of benzene rings is 1. The number of halogens is 4. The number of aromatic nitrogens is 4. The summed E-state index contributed by atoms with van der Waals surface area (Å²) in [6, 6.07) is 8.53. The van der Waals surface area contributed by atoms with Crippen LogP contribution in [-0.2, 0) is 6.18 Å². The van der Waals surface area contributed by atoms with Crippen molar-refractivity contribution in [2.45, 2.75) is 6.18 Å². The first-order valence-electron chi connectivity index (χ1n) is 6.20. The van der Waals surface area contributed by atoms with Gasteiger partial charge in [-0.3, -0.25) is 0 Å². The lowest BCUT2D eigenvalue weighted by molar-refractivity contribution is -0.599. The molecule has 0 radical (unpaired) electrons. The number of imidazole rings is 1. The lowest BCUT2D eigenvalue weighted by Gasteiger charge is -2.10. The monoisotopic (exact) mass is 325 g/mol. The third-order valence-electron chi connectivity index (χ3n) is 3.01. The van der Waals surface area contributed by atoms with Gasteiger partial charge in [0.05, 0.1) is 11.8 Å². The van der Waals surface area contributed by atoms with Crippen LogP contribution in [-0.4, -0.2) is 14.8 Å². The Morgan fingerprint density at radius 1 is 1.05 bits per heavy atom. The van der Waals surface area contributed by atoms with Crippen molar-refractivity contribution in [1.82, 2.24) is 14.8 Å². The molecule has 112 valence electrons. The van der Waals surface area contributed by atoms with Crippen molar-refractivity contribution < 1.29 is 17.7 Å². The molecule has 0 aliphatic heterocycles. The normalized spacial score (nSPS) is 11.6. The van der Waals surface area contributed by atoms with Gasteiger partial charge >= 0.3 is 6.18 Å². The Morgan fingerprint density at radius 3 is 2.50 bits per heavy atom. The molecule has 2 aromatic heterocycles. The van der Waals surface area contributed by atoms with E-state index in [4.69, 9.17) is 11.6 Å². The minimum atomic E-state index is -4.42. The maximum Gasteiger partial charge on any atom is 0.419 e. The summed E-state index contributed by atoms with van der Waals surface area (Å²) in [6.45, 7) is 0. The maximum absolute atomic E-state index is 13.1. The molecule has 8 heteroatoms. The molecule has 1 aromatic carbocycles. The van der Waals surface area contributed by atoms with E-state index in [0.29, 0.717) is 5.82 Å². The highest BCUT2D eigenvalue weighted by molar-refractivity contribution is 6.29. The SMILES string of the molecule is FC(F)(F)c1ccccc1-n1cc[n+](-c2ccc(Cl)nn2)c1. The Labute approximate surface area is 128 Å². The second kappa shape index (κ2) is 5.42. The molecule has 0 saturated heterocycles. The topological polar surface area (TPSA) is 34.6 Å². The molecule has 0 aliphatic rings. The first kappa shape index (κ1) is 14.5. The molecule has 22 heavy (non-hydrogen) atoms. The van der Waals surface area contributed by atoms with Crippen LogP contribution in [0.1, 0.15) is 5.56 Å². The van der Waals surface area contributed by atoms with Crippen molar-refractivity contribution in [2.75, 3.05) is 0 Å². The van der Waals surface area contributed by atoms with Crippen LogP contribution < -0.4 is 4.57 Å². The first-order valence-corrected chi connectivity index (χ1v) is 6.58. The van der Waals surface area contributed by atoms with Gasteiger partial charge in [-0.15, -0.1) is 0 Å². The van der Waals surface area contributed by atoms with Gasteiger partial charge in [-0.25, -0.2) is 9.13 Å². The third kappa shape index (κ3) is 2.80. The molecular formula is C14H9ClF3N4+. The molecule has 0 unspecified atom stereocenters. The molecule has 3 aromatic rings. The summed E-state index contributed by atoms with van der Waals surface area (Å²) in [5.41, 5.74) is -0.671. The van der Waals surface area contributed by atoms with E-state index >= 15 is 0 Å². The van der Waals surface area contributed by atoms with Gasteiger partial charge in [0.25, 0.3) is 5.82 Å². The molecule has 0 amide bonds. The summed E-state index contributed by atoms with van der Waals surface area (Å²) >= 11 is 5.66. The molecule has 0 atom stereocenters. The van der Waals surface area contributed by atoms with Crippen LogP contribution in [0.2, 0.25) is 5.15 Å². The van der Waals surface area contributed by atoms with Crippen LogP contribution in [0.3, 0.4) is 0 Å². The summed E-state index contributed by atoms with van der Waals surface area (Å²) in [5.74, 6) is 0.452. The highest BCUT2D eigenvalue weighted by Crippen LogP contribution is 2.33. The Bertz CT molecular complexity index is 796. The number of para-hydroxylation sites is 1. The van der Waals surface area contributed by atoms with E-state index < -0.39 is 11.7 Å². The van der Waals surface area contributed by atoms with Crippen LogP contribution in [0.15, 0.2) is 55.1 Å². The average Bonchev–Trinajstić information content (AvgIpc) is 2.97. The zero-order valence-corrected chi connectivity index (χ0v) is 11.8. The van der Waals surface area contributed by atoms with Crippen molar-refractivity contribution in [3.63, 3.8) is 0 Å². The van der Waals surface area contributed by atoms with Crippen LogP contribution in [0.4, 0.5) is 13.2 Å². The van der Waals surface area contributed by atoms with Gasteiger partial charge in [-0.2, -0.15) is 13.2 Å². The van der Waals surface area contributed by atoms with E-state index in [2.05, 4.69) is 10.2 Å². The van der Waals surface area contributed by atoms with Crippen LogP contribution >= 0.6 is 11.6 Å². The van der Waals surface area contributed by atoms with E-state index in [1.165, 1.54) is 29.2 Å². The number of nitrogens with zero attached hydrogens (tertiary/aromatic N) is 4. The molecule has 0 spiro atoms. The van der Waals surface area contributed by atoms with Crippen LogP contribution in [0, 0.1) is 0 Å². The predicted molar refractivity (Wildman–Crippen MR) is 72.9 cm³/mol. The second-order valence-electron chi connectivity index (χ2n) is 4.46. The second-order valence-corrected chi connectivity index (χ2v) is 4.84. The van der Waals surface area contributed by atoms with Crippen molar-refractivity contribution in [3.8, 4) is 11.5 Å². The fraction of sp³-hybridized carbons (Fsp3) is 0.0714. The number of rotatable bonds is 2. The maximum atomic E-state index is 13.1. The van der Waals surface area contributed by atoms with E-state index in [1.807, 2.05) is 0 Å². The zero-order valence-electron chi connectivity index (χ0n) is 11.0. The summed E-state index contributed by atoms with van der Waals surface area (Å²) < 4.78 is 42.1. The van der Waals surface area contributed by atoms with Crippen molar-refractivity contribution in [3.05, 3.63) is 65.8 Å². The molecule has 0 fully saturated rings. The minimum absolute atomic E-state index is 0.0377. The zero-order chi connectivity index (χ0) is 15.7. The van der Waals surface area contributed by atoms with Gasteiger partial charge in [0, 0.05) is 11.2 Å². The van der Waals surface area contributed by atoms with E-state index in [9.17, 15) is 13.2 Å². The molecular weight excluding hydrogens is 317 g/mol. The summed E-state index contributed by atoms with van der Waals surface area (Å²) in [5, 5.41) is 7.81. The van der Waals surface area contributed by atoms with E-state index in [0.717, 1.165) is 6.07 Å². The van der Waals surface area contributed by atoms with Gasteiger partial charge in [-0.1, -0.05) is 28.8 Å². The molecule has 0 saturated carbocycles. The molecule has 3 rings (SSSR count). The van der Waals surface area contributed by atoms with Gasteiger partial charge in [-0.05, 0) is 18.2 Å². The standard InChI is InChI=1S/C14H9ClF3N4/c15-12-5-6-13(20-19-12)22-8-7-21(9-22)11-4-2-1-3-10(11)14(16,17)18/h1-9H/q+1. The van der Waals surface area contributed by atoms with Crippen molar-refractivity contribution >= 4 is 11.6 Å².